The van der Waals surface area contributed by atoms with Crippen molar-refractivity contribution in [1.82, 2.24) is 9.88 Å². The van der Waals surface area contributed by atoms with E-state index in [1.807, 2.05) is 29.2 Å². The molecule has 1 fully saturated rings. The van der Waals surface area contributed by atoms with Gasteiger partial charge in [-0.15, -0.1) is 0 Å². The summed E-state index contributed by atoms with van der Waals surface area (Å²) in [5.41, 5.74) is 3.32. The molecular formula is C20H25N3O2. The molecule has 2 heterocycles. The number of pyridine rings is 1. The number of aromatic nitrogens is 1. The zero-order chi connectivity index (χ0) is 17.8. The number of aryl methyl sites for hydroxylation is 2. The highest BCUT2D eigenvalue weighted by molar-refractivity contribution is 5.80. The van der Waals surface area contributed by atoms with Crippen LogP contribution in [0.5, 0.6) is 5.75 Å². The average molecular weight is 339 g/mol. The summed E-state index contributed by atoms with van der Waals surface area (Å²) in [6, 6.07) is 10.00. The van der Waals surface area contributed by atoms with Crippen molar-refractivity contribution in [2.75, 3.05) is 38.2 Å². The van der Waals surface area contributed by atoms with E-state index in [1.165, 1.54) is 11.1 Å². The Kier molecular flexibility index (Phi) is 5.22. The van der Waals surface area contributed by atoms with Crippen molar-refractivity contribution in [3.63, 3.8) is 0 Å². The number of ether oxygens (including phenoxy) is 1. The van der Waals surface area contributed by atoms with Crippen LogP contribution < -0.4 is 9.64 Å². The van der Waals surface area contributed by atoms with Gasteiger partial charge in [-0.3, -0.25) is 4.79 Å². The van der Waals surface area contributed by atoms with Gasteiger partial charge in [0.05, 0.1) is 13.5 Å². The van der Waals surface area contributed by atoms with Crippen molar-refractivity contribution in [3.05, 3.63) is 53.2 Å². The fourth-order valence-corrected chi connectivity index (χ4v) is 3.18. The number of benzene rings is 1. The molecule has 1 amide bonds. The Morgan fingerprint density at radius 2 is 1.84 bits per heavy atom. The first-order valence-corrected chi connectivity index (χ1v) is 8.66. The first-order chi connectivity index (χ1) is 12.1. The summed E-state index contributed by atoms with van der Waals surface area (Å²) in [6.07, 6.45) is 2.19. The minimum Gasteiger partial charge on any atom is -0.496 e. The van der Waals surface area contributed by atoms with Gasteiger partial charge in [0.15, 0.2) is 0 Å². The molecule has 0 radical (unpaired) electrons. The van der Waals surface area contributed by atoms with Gasteiger partial charge in [-0.2, -0.15) is 0 Å². The van der Waals surface area contributed by atoms with Crippen LogP contribution in [0.1, 0.15) is 16.7 Å². The largest absolute Gasteiger partial charge is 0.496 e. The zero-order valence-electron chi connectivity index (χ0n) is 15.2. The maximum Gasteiger partial charge on any atom is 0.227 e. The Morgan fingerprint density at radius 3 is 2.48 bits per heavy atom. The normalized spacial score (nSPS) is 14.5. The van der Waals surface area contributed by atoms with Crippen molar-refractivity contribution in [2.45, 2.75) is 20.3 Å². The molecule has 2 aromatic rings. The number of carbonyl (C=O) groups is 1. The maximum absolute atomic E-state index is 12.7. The van der Waals surface area contributed by atoms with Crippen LogP contribution >= 0.6 is 0 Å². The number of anilines is 1. The Labute approximate surface area is 149 Å². The molecule has 0 spiro atoms. The minimum absolute atomic E-state index is 0.155. The highest BCUT2D eigenvalue weighted by Gasteiger charge is 2.22. The topological polar surface area (TPSA) is 45.7 Å². The van der Waals surface area contributed by atoms with Crippen molar-refractivity contribution < 1.29 is 9.53 Å². The third kappa shape index (κ3) is 3.92. The fraction of sp³-hybridized carbons (Fsp3) is 0.400. The lowest BCUT2D eigenvalue weighted by molar-refractivity contribution is -0.130. The molecule has 3 rings (SSSR count). The van der Waals surface area contributed by atoms with Crippen LogP contribution in [0.25, 0.3) is 0 Å². The molecule has 0 aliphatic carbocycles. The monoisotopic (exact) mass is 339 g/mol. The van der Waals surface area contributed by atoms with Crippen LogP contribution in [-0.4, -0.2) is 49.1 Å². The number of methoxy groups -OCH3 is 1. The number of amides is 1. The van der Waals surface area contributed by atoms with Gasteiger partial charge in [0.2, 0.25) is 5.91 Å². The molecule has 5 nitrogen and oxygen atoms in total. The number of hydrogen-bond acceptors (Lipinski definition) is 4. The molecule has 0 atom stereocenters. The summed E-state index contributed by atoms with van der Waals surface area (Å²) in [4.78, 5) is 21.3. The summed E-state index contributed by atoms with van der Waals surface area (Å²) < 4.78 is 5.46. The number of rotatable bonds is 4. The summed E-state index contributed by atoms with van der Waals surface area (Å²) in [5.74, 6) is 1.93. The van der Waals surface area contributed by atoms with Crippen LogP contribution in [0, 0.1) is 13.8 Å². The molecule has 1 aliphatic heterocycles. The third-order valence-electron chi connectivity index (χ3n) is 4.84. The second kappa shape index (κ2) is 7.55. The number of hydrogen-bond donors (Lipinski definition) is 0. The van der Waals surface area contributed by atoms with Crippen LogP contribution in [0.2, 0.25) is 0 Å². The lowest BCUT2D eigenvalue weighted by atomic mass is 10.0. The molecule has 5 heteroatoms. The fourth-order valence-electron chi connectivity index (χ4n) is 3.18. The first kappa shape index (κ1) is 17.3. The maximum atomic E-state index is 12.7. The highest BCUT2D eigenvalue weighted by atomic mass is 16.5. The van der Waals surface area contributed by atoms with E-state index in [9.17, 15) is 4.79 Å². The molecule has 1 aromatic heterocycles. The zero-order valence-corrected chi connectivity index (χ0v) is 15.2. The summed E-state index contributed by atoms with van der Waals surface area (Å²) in [7, 11) is 1.66. The van der Waals surface area contributed by atoms with Crippen LogP contribution in [-0.2, 0) is 11.2 Å². The van der Waals surface area contributed by atoms with E-state index >= 15 is 0 Å². The molecule has 0 N–H and O–H groups in total. The molecule has 1 aliphatic rings. The lowest BCUT2D eigenvalue weighted by Crippen LogP contribution is -2.49. The van der Waals surface area contributed by atoms with Gasteiger partial charge in [0.1, 0.15) is 11.6 Å². The van der Waals surface area contributed by atoms with Gasteiger partial charge in [0.25, 0.3) is 0 Å². The molecule has 0 unspecified atom stereocenters. The van der Waals surface area contributed by atoms with Crippen molar-refractivity contribution in [3.8, 4) is 5.75 Å². The Hall–Kier alpha value is -2.56. The van der Waals surface area contributed by atoms with E-state index < -0.39 is 0 Å². The van der Waals surface area contributed by atoms with E-state index in [1.54, 1.807) is 13.3 Å². The average Bonchev–Trinajstić information content (AvgIpc) is 2.65. The Morgan fingerprint density at radius 1 is 1.12 bits per heavy atom. The van der Waals surface area contributed by atoms with E-state index in [0.29, 0.717) is 6.42 Å². The summed E-state index contributed by atoms with van der Waals surface area (Å²) >= 11 is 0. The van der Waals surface area contributed by atoms with Gasteiger partial charge < -0.3 is 14.5 Å². The van der Waals surface area contributed by atoms with Gasteiger partial charge >= 0.3 is 0 Å². The van der Waals surface area contributed by atoms with Gasteiger partial charge in [-0.1, -0.05) is 12.1 Å². The van der Waals surface area contributed by atoms with Crippen LogP contribution in [0.15, 0.2) is 36.5 Å². The molecule has 1 saturated heterocycles. The number of piperazine rings is 1. The summed E-state index contributed by atoms with van der Waals surface area (Å²) in [6.45, 7) is 7.19. The second-order valence-electron chi connectivity index (χ2n) is 6.48. The predicted molar refractivity (Wildman–Crippen MR) is 99.2 cm³/mol. The summed E-state index contributed by atoms with van der Waals surface area (Å²) in [5, 5.41) is 0. The van der Waals surface area contributed by atoms with Gasteiger partial charge in [-0.05, 0) is 43.2 Å². The first-order valence-electron chi connectivity index (χ1n) is 8.66. The number of carbonyl (C=O) groups excluding carboxylic acids is 1. The van der Waals surface area contributed by atoms with Gasteiger partial charge in [0, 0.05) is 37.9 Å². The number of nitrogens with zero attached hydrogens (tertiary/aromatic N) is 3. The second-order valence-corrected chi connectivity index (χ2v) is 6.48. The SMILES string of the molecule is COc1cc(C)c(C)cc1CC(=O)N1CCN(c2ccccn2)CC1. The van der Waals surface area contributed by atoms with Gasteiger partial charge in [-0.25, -0.2) is 4.98 Å². The Balaban J connectivity index is 1.63. The van der Waals surface area contributed by atoms with Crippen molar-refractivity contribution in [2.24, 2.45) is 0 Å². The van der Waals surface area contributed by atoms with E-state index in [0.717, 1.165) is 43.3 Å². The molecule has 1 aromatic carbocycles. The van der Waals surface area contributed by atoms with Crippen LogP contribution in [0.3, 0.4) is 0 Å². The minimum atomic E-state index is 0.155. The molecule has 132 valence electrons. The van der Waals surface area contributed by atoms with E-state index in [4.69, 9.17) is 4.74 Å². The standard InChI is InChI=1S/C20H25N3O2/c1-15-12-17(18(25-3)13-16(15)2)14-20(24)23-10-8-22(9-11-23)19-6-4-5-7-21-19/h4-7,12-13H,8-11,14H2,1-3H3. The lowest BCUT2D eigenvalue weighted by Gasteiger charge is -2.35. The quantitative estimate of drug-likeness (QED) is 0.859. The predicted octanol–water partition coefficient (Wildman–Crippen LogP) is 2.60. The van der Waals surface area contributed by atoms with Crippen molar-refractivity contribution >= 4 is 11.7 Å². The van der Waals surface area contributed by atoms with E-state index in [2.05, 4.69) is 29.8 Å². The Bertz CT molecular complexity index is 738. The highest BCUT2D eigenvalue weighted by Crippen LogP contribution is 2.24. The third-order valence-corrected chi connectivity index (χ3v) is 4.84. The molecule has 0 saturated carbocycles. The van der Waals surface area contributed by atoms with E-state index in [-0.39, 0.29) is 5.91 Å². The smallest absolute Gasteiger partial charge is 0.227 e. The van der Waals surface area contributed by atoms with Crippen molar-refractivity contribution in [1.29, 1.82) is 0 Å². The molecule has 25 heavy (non-hydrogen) atoms. The molecule has 0 bridgehead atoms. The van der Waals surface area contributed by atoms with Crippen LogP contribution in [0.4, 0.5) is 5.82 Å². The molecular weight excluding hydrogens is 314 g/mol.